The van der Waals surface area contributed by atoms with Crippen molar-refractivity contribution < 1.29 is 14.3 Å². The lowest BCUT2D eigenvalue weighted by molar-refractivity contribution is -0.122. The van der Waals surface area contributed by atoms with Gasteiger partial charge in [0.25, 0.3) is 0 Å². The third-order valence-electron chi connectivity index (χ3n) is 7.93. The maximum atomic E-state index is 13.4. The molecule has 0 aromatic carbocycles. The number of hydrogen-bond acceptors (Lipinski definition) is 7. The van der Waals surface area contributed by atoms with E-state index in [0.717, 1.165) is 49.6 Å². The number of nitrogens with one attached hydrogen (secondary N) is 1. The van der Waals surface area contributed by atoms with Gasteiger partial charge in [-0.25, -0.2) is 14.8 Å². The van der Waals surface area contributed by atoms with Gasteiger partial charge in [-0.1, -0.05) is 6.42 Å². The third kappa shape index (κ3) is 3.91. The standard InChI is InChI=1S/C25H38N6O3/c1-16-13-30(23(33)34-24(3,4)5)17(2)12-29(16)20-19-21(28-15-27-20)31(14-25(19)8-6-9-25)22(32)18-7-10-26-11-18/h15-18,26H,6-14H2,1-5H3/t16-,17+,18+/m0/s1. The number of amides is 2. The fourth-order valence-corrected chi connectivity index (χ4v) is 6.00. The van der Waals surface area contributed by atoms with E-state index in [2.05, 4.69) is 29.0 Å². The van der Waals surface area contributed by atoms with Crippen LogP contribution in [-0.4, -0.2) is 77.3 Å². The first-order chi connectivity index (χ1) is 16.1. The van der Waals surface area contributed by atoms with Gasteiger partial charge in [0.05, 0.1) is 5.92 Å². The van der Waals surface area contributed by atoms with Gasteiger partial charge in [0, 0.05) is 49.2 Å². The molecule has 3 aliphatic heterocycles. The van der Waals surface area contributed by atoms with Crippen molar-refractivity contribution in [2.24, 2.45) is 5.92 Å². The van der Waals surface area contributed by atoms with E-state index in [1.807, 2.05) is 30.6 Å². The number of ether oxygens (including phenoxy) is 1. The van der Waals surface area contributed by atoms with Crippen LogP contribution < -0.4 is 15.1 Å². The Morgan fingerprint density at radius 3 is 2.47 bits per heavy atom. The van der Waals surface area contributed by atoms with Crippen LogP contribution in [0.25, 0.3) is 0 Å². The lowest BCUT2D eigenvalue weighted by Gasteiger charge is -2.46. The van der Waals surface area contributed by atoms with E-state index >= 15 is 0 Å². The van der Waals surface area contributed by atoms with Gasteiger partial charge in [0.15, 0.2) is 0 Å². The Kier molecular flexibility index (Phi) is 5.73. The summed E-state index contributed by atoms with van der Waals surface area (Å²) < 4.78 is 5.65. The minimum atomic E-state index is -0.522. The normalized spacial score (nSPS) is 28.1. The number of carbonyl (C=O) groups is 2. The molecule has 1 spiro atoms. The summed E-state index contributed by atoms with van der Waals surface area (Å²) in [7, 11) is 0. The summed E-state index contributed by atoms with van der Waals surface area (Å²) in [4.78, 5) is 41.8. The molecule has 5 rings (SSSR count). The molecule has 4 aliphatic rings. The molecule has 9 heteroatoms. The van der Waals surface area contributed by atoms with Crippen LogP contribution in [0, 0.1) is 5.92 Å². The predicted octanol–water partition coefficient (Wildman–Crippen LogP) is 2.69. The van der Waals surface area contributed by atoms with Gasteiger partial charge >= 0.3 is 6.09 Å². The number of fused-ring (bicyclic) bond motifs is 2. The van der Waals surface area contributed by atoms with Gasteiger partial charge in [-0.2, -0.15) is 0 Å². The fraction of sp³-hybridized carbons (Fsp3) is 0.760. The Balaban J connectivity index is 1.44. The molecule has 1 aliphatic carbocycles. The number of hydrogen-bond donors (Lipinski definition) is 1. The molecule has 4 heterocycles. The van der Waals surface area contributed by atoms with Crippen molar-refractivity contribution in [1.29, 1.82) is 0 Å². The van der Waals surface area contributed by atoms with Crippen molar-refractivity contribution in [2.45, 2.75) is 83.4 Å². The number of rotatable bonds is 2. The van der Waals surface area contributed by atoms with E-state index in [1.165, 1.54) is 6.42 Å². The first kappa shape index (κ1) is 23.3. The van der Waals surface area contributed by atoms with Gasteiger partial charge in [0.2, 0.25) is 5.91 Å². The Morgan fingerprint density at radius 1 is 1.12 bits per heavy atom. The Hall–Kier alpha value is -2.42. The highest BCUT2D eigenvalue weighted by molar-refractivity contribution is 5.98. The summed E-state index contributed by atoms with van der Waals surface area (Å²) in [5, 5.41) is 3.32. The molecule has 3 fully saturated rings. The molecule has 34 heavy (non-hydrogen) atoms. The third-order valence-corrected chi connectivity index (χ3v) is 7.93. The molecular weight excluding hydrogens is 432 g/mol. The maximum absolute atomic E-state index is 13.4. The zero-order valence-electron chi connectivity index (χ0n) is 21.1. The number of anilines is 2. The van der Waals surface area contributed by atoms with Crippen LogP contribution in [0.4, 0.5) is 16.4 Å². The van der Waals surface area contributed by atoms with Crippen molar-refractivity contribution in [1.82, 2.24) is 20.2 Å². The summed E-state index contributed by atoms with van der Waals surface area (Å²) in [5.41, 5.74) is 0.579. The van der Waals surface area contributed by atoms with Crippen LogP contribution in [-0.2, 0) is 14.9 Å². The number of nitrogens with zero attached hydrogens (tertiary/aromatic N) is 5. The molecule has 186 valence electrons. The Morgan fingerprint density at radius 2 is 1.85 bits per heavy atom. The zero-order chi connectivity index (χ0) is 24.3. The largest absolute Gasteiger partial charge is 0.444 e. The van der Waals surface area contributed by atoms with Crippen molar-refractivity contribution >= 4 is 23.6 Å². The molecular formula is C25H38N6O3. The maximum Gasteiger partial charge on any atom is 0.410 e. The molecule has 1 N–H and O–H groups in total. The van der Waals surface area contributed by atoms with Crippen LogP contribution in [0.3, 0.4) is 0 Å². The first-order valence-electron chi connectivity index (χ1n) is 12.7. The molecule has 2 saturated heterocycles. The predicted molar refractivity (Wildman–Crippen MR) is 130 cm³/mol. The fourth-order valence-electron chi connectivity index (χ4n) is 6.00. The van der Waals surface area contributed by atoms with E-state index in [0.29, 0.717) is 19.6 Å². The van der Waals surface area contributed by atoms with Crippen molar-refractivity contribution in [3.05, 3.63) is 11.9 Å². The van der Waals surface area contributed by atoms with E-state index < -0.39 is 5.60 Å². The van der Waals surface area contributed by atoms with Crippen molar-refractivity contribution in [3.63, 3.8) is 0 Å². The molecule has 0 radical (unpaired) electrons. The second-order valence-corrected chi connectivity index (χ2v) is 11.6. The summed E-state index contributed by atoms with van der Waals surface area (Å²) >= 11 is 0. The van der Waals surface area contributed by atoms with Gasteiger partial charge < -0.3 is 19.9 Å². The van der Waals surface area contributed by atoms with Gasteiger partial charge in [-0.15, -0.1) is 0 Å². The highest BCUT2D eigenvalue weighted by Crippen LogP contribution is 2.55. The molecule has 1 aromatic heterocycles. The van der Waals surface area contributed by atoms with Crippen LogP contribution in [0.2, 0.25) is 0 Å². The number of aromatic nitrogens is 2. The summed E-state index contributed by atoms with van der Waals surface area (Å²) in [6.45, 7) is 13.5. The minimum Gasteiger partial charge on any atom is -0.444 e. The monoisotopic (exact) mass is 470 g/mol. The Bertz CT molecular complexity index is 966. The van der Waals surface area contributed by atoms with Crippen LogP contribution >= 0.6 is 0 Å². The first-order valence-corrected chi connectivity index (χ1v) is 12.7. The molecule has 2 amide bonds. The molecule has 9 nitrogen and oxygen atoms in total. The average Bonchev–Trinajstić information content (AvgIpc) is 3.39. The SMILES string of the molecule is C[C@@H]1CN(c2ncnc3c2C2(CCC2)CN3C(=O)[C@@H]2CCNC2)[C@@H](C)CN1C(=O)OC(C)(C)C. The summed E-state index contributed by atoms with van der Waals surface area (Å²) in [5.74, 6) is 1.96. The van der Waals surface area contributed by atoms with Crippen LogP contribution in [0.5, 0.6) is 0 Å². The second-order valence-electron chi connectivity index (χ2n) is 11.6. The molecule has 1 aromatic rings. The molecule has 1 saturated carbocycles. The smallest absolute Gasteiger partial charge is 0.410 e. The van der Waals surface area contributed by atoms with Crippen LogP contribution in [0.1, 0.15) is 65.9 Å². The zero-order valence-corrected chi connectivity index (χ0v) is 21.1. The van der Waals surface area contributed by atoms with Gasteiger partial charge in [-0.05, 0) is 60.4 Å². The van der Waals surface area contributed by atoms with Crippen LogP contribution in [0.15, 0.2) is 6.33 Å². The van der Waals surface area contributed by atoms with Gasteiger partial charge in [-0.3, -0.25) is 9.69 Å². The van der Waals surface area contributed by atoms with Crippen molar-refractivity contribution in [3.8, 4) is 0 Å². The summed E-state index contributed by atoms with van der Waals surface area (Å²) in [6.07, 6.45) is 5.52. The topological polar surface area (TPSA) is 90.9 Å². The number of piperazine rings is 1. The second kappa shape index (κ2) is 8.36. The lowest BCUT2D eigenvalue weighted by atomic mass is 9.66. The average molecular weight is 471 g/mol. The van der Waals surface area contributed by atoms with E-state index in [9.17, 15) is 9.59 Å². The quantitative estimate of drug-likeness (QED) is 0.711. The van der Waals surface area contributed by atoms with E-state index in [-0.39, 0.29) is 35.4 Å². The van der Waals surface area contributed by atoms with Gasteiger partial charge in [0.1, 0.15) is 23.6 Å². The highest BCUT2D eigenvalue weighted by Gasteiger charge is 2.53. The lowest BCUT2D eigenvalue weighted by Crippen LogP contribution is -2.59. The Labute approximate surface area is 202 Å². The molecule has 0 bridgehead atoms. The molecule has 3 atom stereocenters. The van der Waals surface area contributed by atoms with E-state index in [1.54, 1.807) is 6.33 Å². The van der Waals surface area contributed by atoms with E-state index in [4.69, 9.17) is 9.72 Å². The molecule has 0 unspecified atom stereocenters. The number of carbonyl (C=O) groups excluding carboxylic acids is 2. The minimum absolute atomic E-state index is 0.0160. The van der Waals surface area contributed by atoms with Crippen molar-refractivity contribution in [2.75, 3.05) is 42.5 Å². The highest BCUT2D eigenvalue weighted by atomic mass is 16.6. The summed E-state index contributed by atoms with van der Waals surface area (Å²) in [6, 6.07) is 0.0568.